The van der Waals surface area contributed by atoms with Crippen LogP contribution in [0.1, 0.15) is 125 Å². The minimum atomic E-state index is -1.83. The lowest BCUT2D eigenvalue weighted by Crippen LogP contribution is -2.63. The Balaban J connectivity index is 0.000000289. The summed E-state index contributed by atoms with van der Waals surface area (Å²) in [4.78, 5) is 112. The first-order chi connectivity index (χ1) is 48.1. The molecule has 4 N–H and O–H groups in total. The minimum absolute atomic E-state index is 0.0489. The van der Waals surface area contributed by atoms with E-state index in [1.54, 1.807) is 97.3 Å². The number of halogens is 2. The zero-order chi connectivity index (χ0) is 76.8. The molecule has 570 valence electrons. The molecule has 2 aromatic rings. The summed E-state index contributed by atoms with van der Waals surface area (Å²) in [6.45, 7) is 17.8. The van der Waals surface area contributed by atoms with E-state index >= 15 is 0 Å². The highest BCUT2D eigenvalue weighted by Crippen LogP contribution is 2.51. The van der Waals surface area contributed by atoms with Crippen molar-refractivity contribution >= 4 is 108 Å². The van der Waals surface area contributed by atoms with Crippen molar-refractivity contribution in [2.45, 2.75) is 215 Å². The van der Waals surface area contributed by atoms with E-state index in [1.807, 2.05) is 39.8 Å². The topological polar surface area (TPSA) is 313 Å². The number of nitrogens with one attached hydrogen (secondary N) is 2. The molecule has 26 nitrogen and oxygen atoms in total. The number of epoxide rings is 2. The van der Waals surface area contributed by atoms with Gasteiger partial charge in [-0.15, -0.1) is 0 Å². The number of benzene rings is 2. The fraction of sp³-hybridized carbons (Fsp3) is 0.616. The van der Waals surface area contributed by atoms with Crippen molar-refractivity contribution in [3.63, 3.8) is 0 Å². The van der Waals surface area contributed by atoms with Gasteiger partial charge in [0.2, 0.25) is 23.6 Å². The molecule has 6 amide bonds. The number of nitrogens with zero attached hydrogens (tertiary/aromatic N) is 4. The molecule has 6 heterocycles. The van der Waals surface area contributed by atoms with Crippen LogP contribution < -0.4 is 29.9 Å². The van der Waals surface area contributed by atoms with Gasteiger partial charge >= 0.3 is 24.1 Å². The first-order valence-electron chi connectivity index (χ1n) is 34.2. The minimum Gasteiger partial charge on any atom is -0.495 e. The molecule has 30 heteroatoms. The van der Waals surface area contributed by atoms with Gasteiger partial charge < -0.3 is 77.2 Å². The van der Waals surface area contributed by atoms with Crippen LogP contribution in [0.2, 0.25) is 10.0 Å². The van der Waals surface area contributed by atoms with E-state index in [2.05, 4.69) is 35.9 Å². The zero-order valence-corrected chi connectivity index (χ0v) is 65.3. The maximum absolute atomic E-state index is 14.1. The van der Waals surface area contributed by atoms with E-state index in [0.29, 0.717) is 47.9 Å². The fourth-order valence-electron chi connectivity index (χ4n) is 13.3. The number of carbonyl (C=O) groups is 8. The van der Waals surface area contributed by atoms with Crippen molar-refractivity contribution in [3.05, 3.63) is 93.0 Å². The summed E-state index contributed by atoms with van der Waals surface area (Å²) in [5.41, 5.74) is -1.82. The van der Waals surface area contributed by atoms with Crippen LogP contribution >= 0.6 is 48.5 Å². The smallest absolute Gasteiger partial charge is 0.409 e. The Labute approximate surface area is 624 Å². The van der Waals surface area contributed by atoms with Crippen LogP contribution in [-0.2, 0) is 79.5 Å². The molecular weight excluding hydrogens is 1420 g/mol. The molecule has 0 saturated carbocycles. The third-order valence-electron chi connectivity index (χ3n) is 20.3. The summed E-state index contributed by atoms with van der Waals surface area (Å²) >= 11 is 22.1. The standard InChI is InChI=1S/C38H54ClN3O10S.C35H48ClN3O10S/c1-21-12-11-13-28(49-10)38(47)20-27(50-35(46)40-38)22(2)33-37(6,52-33)29(51-34(45)23(3)41(7)30(43)14-15-36(4,5)53)19-31(44)42(8)25-17-24(16-21)18-26(48-9)32(25)39;1-19-10-9-11-26(46-8)35(44)18-25(47-33(43)37-35)20(2)31-34(4,49-31)27(48-32(42)21(3)38(5)28(40)12-13-50)17-29(41)39(6)23-15-22(14-19)16-24(45-7)30(23)36/h11-13,17-18,22-23,27-29,33,47,53H,14-16,19-20H2,1-10H3,(H,40,46);9-11,15-16,20-21,25-27,31,44,50H,12-14,17-18H2,1-8H3,(H,37,43)/b13-11+,21-12+;11-9+,19-10+/t22-,23+,27?,28-,29+,33+,37+,38+;20-,21+,25?,26-,27+,31+,34+,35+/m11/s1. The van der Waals surface area contributed by atoms with Gasteiger partial charge in [-0.3, -0.25) is 29.8 Å². The Morgan fingerprint density at radius 2 is 1.04 bits per heavy atom. The Bertz CT molecular complexity index is 3630. The largest absolute Gasteiger partial charge is 0.495 e. The van der Waals surface area contributed by atoms with E-state index in [-0.39, 0.29) is 65.1 Å². The SMILES string of the molecule is COc1cc2cc(c1Cl)N(C)C(=O)C[C@H](OC(=O)[C@H](C)N(C)C(=O)CCC(C)(C)S)[C@]1(C)O[C@H]1[C@H](C)C1C[C@@](O)(NC(=O)O1)[C@H](OC)/C=C/C=C(\C)C2.COc1cc2cc(c1Cl)N(C)C(=O)C[C@H](OC(=O)[C@H](C)N(C)C(=O)CCS)[C@]1(C)O[C@H]1[C@H](C)C1C[C@@](O)(NC(=O)O1)[C@H](OC)/C=C/C=C(\C)C2. The van der Waals surface area contributed by atoms with Crippen LogP contribution in [0, 0.1) is 11.8 Å². The molecule has 2 aromatic carbocycles. The zero-order valence-electron chi connectivity index (χ0n) is 62.0. The van der Waals surface area contributed by atoms with E-state index in [4.69, 9.17) is 70.6 Å². The Kier molecular flexibility index (Phi) is 27.9. The molecule has 8 bridgehead atoms. The van der Waals surface area contributed by atoms with E-state index < -0.39 is 131 Å². The third kappa shape index (κ3) is 19.9. The summed E-state index contributed by atoms with van der Waals surface area (Å²) in [5, 5.41) is 28.9. The first-order valence-corrected chi connectivity index (χ1v) is 36.0. The van der Waals surface area contributed by atoms with Gasteiger partial charge in [0.05, 0.1) is 50.6 Å². The van der Waals surface area contributed by atoms with Crippen molar-refractivity contribution in [1.29, 1.82) is 0 Å². The quantitative estimate of drug-likeness (QED) is 0.0420. The molecule has 0 radical (unpaired) electrons. The van der Waals surface area contributed by atoms with E-state index in [1.165, 1.54) is 69.1 Å². The van der Waals surface area contributed by atoms with Crippen LogP contribution in [0.3, 0.4) is 0 Å². The maximum atomic E-state index is 14.1. The second kappa shape index (κ2) is 34.3. The molecule has 103 heavy (non-hydrogen) atoms. The van der Waals surface area contributed by atoms with Crippen LogP contribution in [0.15, 0.2) is 71.9 Å². The van der Waals surface area contributed by atoms with Crippen LogP contribution in [0.25, 0.3) is 0 Å². The van der Waals surface area contributed by atoms with Gasteiger partial charge in [0.1, 0.15) is 81.5 Å². The van der Waals surface area contributed by atoms with Gasteiger partial charge in [0.25, 0.3) is 0 Å². The van der Waals surface area contributed by atoms with Crippen molar-refractivity contribution in [1.82, 2.24) is 20.4 Å². The van der Waals surface area contributed by atoms with Crippen LogP contribution in [0.4, 0.5) is 21.0 Å². The van der Waals surface area contributed by atoms with E-state index in [9.17, 15) is 48.6 Å². The van der Waals surface area contributed by atoms with Crippen molar-refractivity contribution in [2.24, 2.45) is 11.8 Å². The Hall–Kier alpha value is -6.60. The molecule has 2 unspecified atom stereocenters. The number of thiol groups is 2. The molecule has 4 saturated heterocycles. The predicted octanol–water partition coefficient (Wildman–Crippen LogP) is 8.84. The van der Waals surface area contributed by atoms with Gasteiger partial charge in [-0.25, -0.2) is 19.2 Å². The number of anilines is 2. The number of methoxy groups -OCH3 is 4. The number of ether oxygens (including phenoxy) is 10. The van der Waals surface area contributed by atoms with Crippen LogP contribution in [0.5, 0.6) is 11.5 Å². The van der Waals surface area contributed by atoms with Crippen molar-refractivity contribution in [2.75, 3.05) is 72.2 Å². The second-order valence-corrected chi connectivity index (χ2v) is 31.0. The number of hydrogen-bond donors (Lipinski definition) is 6. The fourth-order valence-corrected chi connectivity index (χ4v) is 14.2. The average Bonchev–Trinajstić information content (AvgIpc) is 1.58. The molecule has 6 aliphatic rings. The summed E-state index contributed by atoms with van der Waals surface area (Å²) in [7, 11) is 12.0. The molecule has 6 aliphatic heterocycles. The number of amides is 6. The second-order valence-electron chi connectivity index (χ2n) is 28.6. The molecule has 0 aliphatic carbocycles. The molecule has 4 fully saturated rings. The number of fused-ring (bicyclic) bond motifs is 10. The normalized spacial score (nSPS) is 31.9. The predicted molar refractivity (Wildman–Crippen MR) is 393 cm³/mol. The lowest BCUT2D eigenvalue weighted by atomic mass is 9.83. The summed E-state index contributed by atoms with van der Waals surface area (Å²) in [5.74, 6) is -2.88. The number of aliphatic hydroxyl groups is 2. The average molecular weight is 1520 g/mol. The van der Waals surface area contributed by atoms with Crippen molar-refractivity contribution in [3.8, 4) is 11.5 Å². The number of alkyl carbamates (subject to hydrolysis) is 2. The van der Waals surface area contributed by atoms with Gasteiger partial charge in [-0.2, -0.15) is 25.3 Å². The number of hydrogen-bond acceptors (Lipinski definition) is 22. The summed E-state index contributed by atoms with van der Waals surface area (Å²) in [6.07, 6.45) is 2.69. The third-order valence-corrected chi connectivity index (χ3v) is 21.5. The summed E-state index contributed by atoms with van der Waals surface area (Å²) < 4.78 is 57.9. The summed E-state index contributed by atoms with van der Waals surface area (Å²) in [6, 6.07) is 5.20. The highest BCUT2D eigenvalue weighted by molar-refractivity contribution is 7.81. The number of likely N-dealkylation sites (N-methyl/N-ethyl adjacent to an activating group) is 2. The number of esters is 2. The van der Waals surface area contributed by atoms with E-state index in [0.717, 1.165) is 22.3 Å². The number of allylic oxidation sites excluding steroid dienone is 6. The van der Waals surface area contributed by atoms with Gasteiger partial charge in [-0.05, 0) is 102 Å². The molecule has 0 aromatic heterocycles. The molecule has 16 atom stereocenters. The monoisotopic (exact) mass is 1520 g/mol. The highest BCUT2D eigenvalue weighted by atomic mass is 35.5. The number of carbonyl (C=O) groups excluding carboxylic acids is 8. The Morgan fingerprint density at radius 3 is 1.38 bits per heavy atom. The van der Waals surface area contributed by atoms with Crippen LogP contribution in [-0.4, -0.2) is 218 Å². The molecule has 0 spiro atoms. The lowest BCUT2D eigenvalue weighted by molar-refractivity contribution is -0.162. The number of rotatable bonds is 15. The highest BCUT2D eigenvalue weighted by Gasteiger charge is 2.66. The van der Waals surface area contributed by atoms with Gasteiger partial charge in [-0.1, -0.05) is 98.5 Å². The maximum Gasteiger partial charge on any atom is 0.409 e. The molecular formula is C73H102Cl2N6O20S2. The molecule has 8 rings (SSSR count). The van der Waals surface area contributed by atoms with Gasteiger partial charge in [0, 0.05) is 84.7 Å². The van der Waals surface area contributed by atoms with Gasteiger partial charge in [0.15, 0.2) is 11.4 Å². The van der Waals surface area contributed by atoms with Crippen molar-refractivity contribution < 1.29 is 95.9 Å². The lowest BCUT2D eigenvalue weighted by Gasteiger charge is -2.42. The Morgan fingerprint density at radius 1 is 0.670 bits per heavy atom. The first kappa shape index (κ1) is 83.7.